The first-order valence-electron chi connectivity index (χ1n) is 13.4. The number of methoxy groups -OCH3 is 1. The smallest absolute Gasteiger partial charge is 0.190 e. The van der Waals surface area contributed by atoms with Gasteiger partial charge in [0.1, 0.15) is 5.82 Å². The van der Waals surface area contributed by atoms with E-state index < -0.39 is 23.2 Å². The largest absolute Gasteiger partial charge is 0.491 e. The molecule has 0 radical (unpaired) electrons. The highest BCUT2D eigenvalue weighted by Crippen LogP contribution is 2.44. The van der Waals surface area contributed by atoms with Gasteiger partial charge in [0, 0.05) is 24.5 Å². The molecule has 0 unspecified atom stereocenters. The van der Waals surface area contributed by atoms with E-state index in [-0.39, 0.29) is 13.0 Å². The lowest BCUT2D eigenvalue weighted by Crippen LogP contribution is -2.38. The van der Waals surface area contributed by atoms with E-state index >= 15 is 0 Å². The second kappa shape index (κ2) is 14.4. The SMILES string of the molecule is CCCC1CCC(C2CCC(C3COC(CCF)OC3)CC2)CC1.COc1c(F)cc(F)cc1F. The molecule has 0 spiro atoms. The van der Waals surface area contributed by atoms with Crippen LogP contribution < -0.4 is 4.74 Å². The van der Waals surface area contributed by atoms with Crippen LogP contribution in [0, 0.1) is 47.0 Å². The summed E-state index contributed by atoms with van der Waals surface area (Å²) in [5, 5.41) is 0. The van der Waals surface area contributed by atoms with Gasteiger partial charge >= 0.3 is 0 Å². The molecule has 3 nitrogen and oxygen atoms in total. The van der Waals surface area contributed by atoms with E-state index in [0.29, 0.717) is 24.5 Å². The molecule has 0 N–H and O–H groups in total. The van der Waals surface area contributed by atoms with Gasteiger partial charge in [0.2, 0.25) is 0 Å². The van der Waals surface area contributed by atoms with E-state index in [9.17, 15) is 17.6 Å². The number of hydrogen-bond acceptors (Lipinski definition) is 3. The average molecular weight is 503 g/mol. The second-order valence-electron chi connectivity index (χ2n) is 10.5. The van der Waals surface area contributed by atoms with Crippen LogP contribution in [0.15, 0.2) is 12.1 Å². The lowest BCUT2D eigenvalue weighted by atomic mass is 9.67. The van der Waals surface area contributed by atoms with Crippen LogP contribution in [0.5, 0.6) is 5.75 Å². The molecule has 2 aliphatic carbocycles. The maximum absolute atomic E-state index is 12.5. The number of halogens is 4. The molecule has 200 valence electrons. The summed E-state index contributed by atoms with van der Waals surface area (Å²) < 4.78 is 65.3. The molecule has 35 heavy (non-hydrogen) atoms. The summed E-state index contributed by atoms with van der Waals surface area (Å²) >= 11 is 0. The average Bonchev–Trinajstić information content (AvgIpc) is 2.86. The number of rotatable bonds is 7. The van der Waals surface area contributed by atoms with Crippen molar-refractivity contribution in [3.05, 3.63) is 29.6 Å². The lowest BCUT2D eigenvalue weighted by Gasteiger charge is -2.41. The maximum atomic E-state index is 12.5. The Hall–Kier alpha value is -1.34. The summed E-state index contributed by atoms with van der Waals surface area (Å²) in [5.74, 6) is 0.727. The molecule has 0 aromatic heterocycles. The fourth-order valence-electron chi connectivity index (χ4n) is 6.25. The predicted molar refractivity (Wildman–Crippen MR) is 128 cm³/mol. The van der Waals surface area contributed by atoms with Gasteiger partial charge in [0.15, 0.2) is 23.7 Å². The van der Waals surface area contributed by atoms with E-state index in [2.05, 4.69) is 11.7 Å². The van der Waals surface area contributed by atoms with Crippen LogP contribution in [0.4, 0.5) is 17.6 Å². The van der Waals surface area contributed by atoms with Crippen molar-refractivity contribution in [1.29, 1.82) is 0 Å². The molecule has 1 aliphatic heterocycles. The molecule has 3 aliphatic rings. The third-order valence-electron chi connectivity index (χ3n) is 8.24. The van der Waals surface area contributed by atoms with E-state index in [4.69, 9.17) is 9.47 Å². The van der Waals surface area contributed by atoms with E-state index in [1.54, 1.807) is 0 Å². The van der Waals surface area contributed by atoms with Gasteiger partial charge < -0.3 is 14.2 Å². The van der Waals surface area contributed by atoms with E-state index in [1.807, 2.05) is 0 Å². The van der Waals surface area contributed by atoms with Crippen LogP contribution in [0.1, 0.15) is 77.6 Å². The Balaban J connectivity index is 0.000000261. The van der Waals surface area contributed by atoms with Gasteiger partial charge in [-0.05, 0) is 62.2 Å². The van der Waals surface area contributed by atoms with E-state index in [1.165, 1.54) is 64.2 Å². The van der Waals surface area contributed by atoms with Crippen LogP contribution in [-0.4, -0.2) is 33.3 Å². The first-order valence-corrected chi connectivity index (χ1v) is 13.4. The Morgan fingerprint density at radius 1 is 0.771 bits per heavy atom. The number of hydrogen-bond donors (Lipinski definition) is 0. The van der Waals surface area contributed by atoms with Gasteiger partial charge in [0.25, 0.3) is 0 Å². The Bertz CT molecular complexity index is 681. The Morgan fingerprint density at radius 3 is 1.71 bits per heavy atom. The summed E-state index contributed by atoms with van der Waals surface area (Å²) in [5.41, 5.74) is 0. The van der Waals surface area contributed by atoms with Crippen molar-refractivity contribution in [2.75, 3.05) is 27.0 Å². The molecule has 3 fully saturated rings. The van der Waals surface area contributed by atoms with E-state index in [0.717, 1.165) is 44.0 Å². The first-order chi connectivity index (χ1) is 16.9. The van der Waals surface area contributed by atoms with Crippen molar-refractivity contribution in [3.8, 4) is 5.75 Å². The minimum absolute atomic E-state index is 0.291. The minimum atomic E-state index is -1.04. The highest BCUT2D eigenvalue weighted by Gasteiger charge is 2.35. The van der Waals surface area contributed by atoms with Crippen molar-refractivity contribution in [1.82, 2.24) is 0 Å². The molecule has 1 saturated heterocycles. The number of benzene rings is 1. The second-order valence-corrected chi connectivity index (χ2v) is 10.5. The standard InChI is InChI=1S/C21H37FO2.C7H5F3O/c1-2-3-16-4-6-17(7-5-16)18-8-10-19(11-9-18)20-14-23-21(12-13-22)24-15-20;1-11-7-5(9)2-4(8)3-6(7)10/h16-21H,2-15H2,1H3;2-3H,1H3. The number of ether oxygens (including phenoxy) is 3. The van der Waals surface area contributed by atoms with Gasteiger partial charge in [-0.1, -0.05) is 32.6 Å². The van der Waals surface area contributed by atoms with Crippen molar-refractivity contribution < 1.29 is 31.8 Å². The molecular formula is C28H42F4O3. The molecule has 7 heteroatoms. The topological polar surface area (TPSA) is 27.7 Å². The zero-order chi connectivity index (χ0) is 25.2. The zero-order valence-electron chi connectivity index (χ0n) is 21.3. The summed E-state index contributed by atoms with van der Waals surface area (Å²) in [6, 6.07) is 1.11. The highest BCUT2D eigenvalue weighted by molar-refractivity contribution is 5.26. The number of alkyl halides is 1. The van der Waals surface area contributed by atoms with Crippen molar-refractivity contribution in [2.45, 2.75) is 83.8 Å². The minimum Gasteiger partial charge on any atom is -0.491 e. The van der Waals surface area contributed by atoms with Crippen molar-refractivity contribution >= 4 is 0 Å². The molecule has 0 bridgehead atoms. The molecule has 1 aromatic rings. The highest BCUT2D eigenvalue weighted by atomic mass is 19.1. The first kappa shape index (κ1) is 28.2. The quantitative estimate of drug-likeness (QED) is 0.355. The molecule has 0 atom stereocenters. The van der Waals surface area contributed by atoms with Crippen LogP contribution in [0.25, 0.3) is 0 Å². The van der Waals surface area contributed by atoms with Crippen LogP contribution in [0.3, 0.4) is 0 Å². The maximum Gasteiger partial charge on any atom is 0.190 e. The molecular weight excluding hydrogens is 460 g/mol. The molecule has 4 rings (SSSR count). The van der Waals surface area contributed by atoms with Gasteiger partial charge in [-0.15, -0.1) is 0 Å². The van der Waals surface area contributed by atoms with Gasteiger partial charge in [-0.25, -0.2) is 13.2 Å². The van der Waals surface area contributed by atoms with Gasteiger partial charge in [0.05, 0.1) is 27.0 Å². The summed E-state index contributed by atoms with van der Waals surface area (Å²) in [6.07, 6.45) is 14.4. The molecule has 2 saturated carbocycles. The monoisotopic (exact) mass is 502 g/mol. The van der Waals surface area contributed by atoms with Crippen molar-refractivity contribution in [3.63, 3.8) is 0 Å². The lowest BCUT2D eigenvalue weighted by molar-refractivity contribution is -0.213. The van der Waals surface area contributed by atoms with Crippen molar-refractivity contribution in [2.24, 2.45) is 29.6 Å². The Kier molecular flexibility index (Phi) is 11.6. The van der Waals surface area contributed by atoms with Gasteiger partial charge in [-0.2, -0.15) is 0 Å². The summed E-state index contributed by atoms with van der Waals surface area (Å²) in [7, 11) is 1.11. The van der Waals surface area contributed by atoms with Crippen LogP contribution >= 0.6 is 0 Å². The summed E-state index contributed by atoms with van der Waals surface area (Å²) in [4.78, 5) is 0. The molecule has 1 heterocycles. The Labute approximate surface area is 207 Å². The third kappa shape index (κ3) is 8.34. The predicted octanol–water partition coefficient (Wildman–Crippen LogP) is 7.86. The molecule has 1 aromatic carbocycles. The normalized spacial score (nSPS) is 31.4. The Morgan fingerprint density at radius 2 is 1.26 bits per heavy atom. The van der Waals surface area contributed by atoms with Gasteiger partial charge in [-0.3, -0.25) is 4.39 Å². The third-order valence-corrected chi connectivity index (χ3v) is 8.24. The zero-order valence-corrected chi connectivity index (χ0v) is 21.3. The molecule has 0 amide bonds. The van der Waals surface area contributed by atoms with Crippen LogP contribution in [-0.2, 0) is 9.47 Å². The fourth-order valence-corrected chi connectivity index (χ4v) is 6.25. The van der Waals surface area contributed by atoms with Crippen LogP contribution in [0.2, 0.25) is 0 Å². The summed E-state index contributed by atoms with van der Waals surface area (Å²) in [6.45, 7) is 3.54. The fraction of sp³-hybridized carbons (Fsp3) is 0.786.